The fourth-order valence-corrected chi connectivity index (χ4v) is 8.98. The third kappa shape index (κ3) is 7.25. The maximum atomic E-state index is 14.2. The molecule has 0 bridgehead atoms. The number of amides is 1. The zero-order chi connectivity index (χ0) is 27.7. The Morgan fingerprint density at radius 3 is 2.56 bits per heavy atom. The number of amidine groups is 1. The molecule has 2 heterocycles. The summed E-state index contributed by atoms with van der Waals surface area (Å²) in [6, 6.07) is -1.46. The van der Waals surface area contributed by atoms with Crippen molar-refractivity contribution < 1.29 is 22.4 Å². The van der Waals surface area contributed by atoms with E-state index in [2.05, 4.69) is 15.5 Å². The molecule has 0 aromatic rings. The maximum absolute atomic E-state index is 14.2. The van der Waals surface area contributed by atoms with Crippen LogP contribution in [0.2, 0.25) is 0 Å². The number of piperidine rings is 1. The lowest BCUT2D eigenvalue weighted by Crippen LogP contribution is -2.55. The van der Waals surface area contributed by atoms with Gasteiger partial charge in [-0.25, -0.2) is 4.39 Å². The summed E-state index contributed by atoms with van der Waals surface area (Å²) in [6.07, 6.45) is 3.32. The first-order valence-corrected chi connectivity index (χ1v) is 16.3. The van der Waals surface area contributed by atoms with Gasteiger partial charge in [0.05, 0.1) is 0 Å². The molecule has 0 spiro atoms. The minimum atomic E-state index is -4.30. The molecule has 5 aliphatic rings. The number of nitrogens with one attached hydrogen (secondary N) is 3. The van der Waals surface area contributed by atoms with Crippen LogP contribution in [0.15, 0.2) is 0 Å². The molecule has 3 N–H and O–H groups in total. The first kappa shape index (κ1) is 29.5. The van der Waals surface area contributed by atoms with Crippen molar-refractivity contribution in [1.82, 2.24) is 15.5 Å². The summed E-state index contributed by atoms with van der Waals surface area (Å²) < 4.78 is 56.3. The summed E-state index contributed by atoms with van der Waals surface area (Å²) in [4.78, 5) is 15.9. The number of carbonyl (C=O) groups excluding carboxylic acids is 1. The Morgan fingerprint density at radius 2 is 1.87 bits per heavy atom. The second-order valence-corrected chi connectivity index (χ2v) is 14.3. The van der Waals surface area contributed by atoms with Gasteiger partial charge in [0.2, 0.25) is 5.91 Å². The number of rotatable bonds is 7. The molecule has 9 atom stereocenters. The topological polar surface area (TPSA) is 68.2 Å². The van der Waals surface area contributed by atoms with Gasteiger partial charge in [0.25, 0.3) is 0 Å². The highest BCUT2D eigenvalue weighted by molar-refractivity contribution is 8.13. The van der Waals surface area contributed by atoms with Crippen LogP contribution in [0.1, 0.15) is 77.6 Å². The average Bonchev–Trinajstić information content (AvgIpc) is 3.75. The number of thioether (sulfide) groups is 1. The molecule has 1 amide bonds. The zero-order valence-corrected chi connectivity index (χ0v) is 24.0. The molecule has 5 rings (SSSR count). The van der Waals surface area contributed by atoms with Gasteiger partial charge in [-0.15, -0.1) is 0 Å². The Bertz CT molecular complexity index is 871. The van der Waals surface area contributed by atoms with Gasteiger partial charge in [-0.2, -0.15) is 13.2 Å². The Labute approximate surface area is 234 Å². The van der Waals surface area contributed by atoms with Gasteiger partial charge < -0.3 is 15.5 Å². The molecule has 39 heavy (non-hydrogen) atoms. The maximum Gasteiger partial charge on any atom is 0.404 e. The summed E-state index contributed by atoms with van der Waals surface area (Å²) in [5, 5.41) is 15.1. The summed E-state index contributed by atoms with van der Waals surface area (Å²) in [5.74, 6) is 0.734. The van der Waals surface area contributed by atoms with Gasteiger partial charge in [0.15, 0.2) is 5.17 Å². The lowest BCUT2D eigenvalue weighted by atomic mass is 9.66. The summed E-state index contributed by atoms with van der Waals surface area (Å²) in [5.41, 5.74) is 0. The van der Waals surface area contributed by atoms with Crippen LogP contribution in [0, 0.1) is 46.8 Å². The molecule has 2 aliphatic heterocycles. The normalized spacial score (nSPS) is 39.3. The van der Waals surface area contributed by atoms with E-state index >= 15 is 0 Å². The van der Waals surface area contributed by atoms with Gasteiger partial charge in [-0.05, 0) is 113 Å². The van der Waals surface area contributed by atoms with Crippen molar-refractivity contribution in [3.8, 4) is 0 Å². The molecule has 5 nitrogen and oxygen atoms in total. The highest BCUT2D eigenvalue weighted by Crippen LogP contribution is 2.46. The van der Waals surface area contributed by atoms with Crippen molar-refractivity contribution >= 4 is 22.8 Å². The van der Waals surface area contributed by atoms with Crippen LogP contribution >= 0.6 is 11.8 Å². The van der Waals surface area contributed by atoms with Crippen molar-refractivity contribution in [1.29, 1.82) is 5.41 Å². The smallest absolute Gasteiger partial charge is 0.353 e. The van der Waals surface area contributed by atoms with Crippen LogP contribution in [0.3, 0.4) is 0 Å². The van der Waals surface area contributed by atoms with Crippen molar-refractivity contribution in [3.63, 3.8) is 0 Å². The van der Waals surface area contributed by atoms with Crippen LogP contribution in [0.25, 0.3) is 0 Å². The van der Waals surface area contributed by atoms with E-state index in [0.29, 0.717) is 56.3 Å². The van der Waals surface area contributed by atoms with E-state index in [-0.39, 0.29) is 41.5 Å². The van der Waals surface area contributed by atoms with E-state index in [1.165, 1.54) is 11.8 Å². The van der Waals surface area contributed by atoms with Crippen molar-refractivity contribution in [3.05, 3.63) is 0 Å². The van der Waals surface area contributed by atoms with Crippen molar-refractivity contribution in [2.75, 3.05) is 25.4 Å². The molecule has 3 aliphatic carbocycles. The molecule has 5 fully saturated rings. The average molecular weight is 575 g/mol. The highest BCUT2D eigenvalue weighted by Gasteiger charge is 2.50. The van der Waals surface area contributed by atoms with Crippen LogP contribution < -0.4 is 10.6 Å². The number of carbonyl (C=O) groups is 1. The first-order valence-electron chi connectivity index (χ1n) is 15.3. The van der Waals surface area contributed by atoms with E-state index in [9.17, 15) is 22.4 Å². The van der Waals surface area contributed by atoms with Crippen LogP contribution in [-0.4, -0.2) is 65.8 Å². The van der Waals surface area contributed by atoms with Crippen molar-refractivity contribution in [2.24, 2.45) is 41.4 Å². The lowest BCUT2D eigenvalue weighted by Gasteiger charge is -2.45. The Hall–Kier alpha value is -1.03. The molecule has 10 heteroatoms. The minimum absolute atomic E-state index is 0.00109. The molecule has 0 aromatic heterocycles. The number of hydrogen-bond donors (Lipinski definition) is 3. The van der Waals surface area contributed by atoms with Gasteiger partial charge >= 0.3 is 6.18 Å². The third-order valence-corrected chi connectivity index (χ3v) is 11.3. The molecule has 0 radical (unpaired) electrons. The number of halogens is 4. The monoisotopic (exact) mass is 574 g/mol. The van der Waals surface area contributed by atoms with E-state index in [0.717, 1.165) is 50.8 Å². The molecular formula is C29H46F4N4OS. The predicted octanol–water partition coefficient (Wildman–Crippen LogP) is 5.99. The molecule has 3 saturated carbocycles. The standard InChI is InChI=1S/C29H46F4N4OS/c1-17-12-20(7-8-24(17)30)25(19-5-6-19)36-27(38)22-14-18(16-37-10-3-11-39-28(37)34)13-21(15-22)23-4-2-9-35-26(23)29(31,32)33/h17-26,34-35H,2-16H2,1H3,(H,36,38)/t17?,18?,20?,21?,22?,23?,24?,25-,26?/m0/s1. The lowest BCUT2D eigenvalue weighted by molar-refractivity contribution is -0.179. The van der Waals surface area contributed by atoms with Crippen molar-refractivity contribution in [2.45, 2.75) is 102 Å². The summed E-state index contributed by atoms with van der Waals surface area (Å²) in [6.45, 7) is 3.79. The second-order valence-electron chi connectivity index (χ2n) is 13.2. The molecule has 0 aromatic carbocycles. The molecule has 222 valence electrons. The zero-order valence-electron chi connectivity index (χ0n) is 23.2. The van der Waals surface area contributed by atoms with E-state index < -0.39 is 24.3 Å². The van der Waals surface area contributed by atoms with Crippen LogP contribution in [0.5, 0.6) is 0 Å². The van der Waals surface area contributed by atoms with Gasteiger partial charge in [-0.3, -0.25) is 10.2 Å². The Morgan fingerprint density at radius 1 is 1.10 bits per heavy atom. The van der Waals surface area contributed by atoms with Gasteiger partial charge in [-0.1, -0.05) is 18.7 Å². The number of nitrogens with zero attached hydrogens (tertiary/aromatic N) is 1. The van der Waals surface area contributed by atoms with Crippen LogP contribution in [0.4, 0.5) is 17.6 Å². The highest BCUT2D eigenvalue weighted by atomic mass is 32.2. The number of hydrogen-bond acceptors (Lipinski definition) is 4. The molecule has 8 unspecified atom stereocenters. The van der Waals surface area contributed by atoms with Crippen LogP contribution in [-0.2, 0) is 4.79 Å². The molecular weight excluding hydrogens is 528 g/mol. The summed E-state index contributed by atoms with van der Waals surface area (Å²) >= 11 is 1.53. The van der Waals surface area contributed by atoms with E-state index in [1.807, 2.05) is 6.92 Å². The fraction of sp³-hybridized carbons (Fsp3) is 0.931. The largest absolute Gasteiger partial charge is 0.404 e. The van der Waals surface area contributed by atoms with Gasteiger partial charge in [0.1, 0.15) is 12.2 Å². The quantitative estimate of drug-likeness (QED) is 0.327. The predicted molar refractivity (Wildman–Crippen MR) is 147 cm³/mol. The minimum Gasteiger partial charge on any atom is -0.353 e. The Kier molecular flexibility index (Phi) is 9.41. The molecule has 2 saturated heterocycles. The first-order chi connectivity index (χ1) is 18.6. The van der Waals surface area contributed by atoms with Gasteiger partial charge in [0, 0.05) is 30.8 Å². The SMILES string of the molecule is CC1CC([C@@H](NC(=O)C2CC(CN3CCCSC3=N)CC(C3CCCNC3C(F)(F)F)C2)C2CC2)CCC1F. The van der Waals surface area contributed by atoms with E-state index in [4.69, 9.17) is 5.41 Å². The fourth-order valence-electron chi connectivity index (χ4n) is 8.17. The van der Waals surface area contributed by atoms with E-state index in [1.54, 1.807) is 0 Å². The summed E-state index contributed by atoms with van der Waals surface area (Å²) in [7, 11) is 0. The third-order valence-electron chi connectivity index (χ3n) is 10.3. The Balaban J connectivity index is 1.31. The number of alkyl halides is 4. The second kappa shape index (κ2) is 12.5.